The molecule has 13 heavy (non-hydrogen) atoms. The summed E-state index contributed by atoms with van der Waals surface area (Å²) in [6, 6.07) is 0. The van der Waals surface area contributed by atoms with E-state index < -0.39 is 0 Å². The van der Waals surface area contributed by atoms with Gasteiger partial charge in [-0.15, -0.1) is 0 Å². The third kappa shape index (κ3) is 3.81. The molecule has 3 nitrogen and oxygen atoms in total. The molecule has 0 bridgehead atoms. The molecule has 1 atom stereocenters. The van der Waals surface area contributed by atoms with Gasteiger partial charge >= 0.3 is 0 Å². The van der Waals surface area contributed by atoms with E-state index in [4.69, 9.17) is 0 Å². The number of hydrogen-bond donors (Lipinski definition) is 1. The standard InChI is InChI=1S/C9H15NO2S/c1-2-3-4-5-9(12)13-8-6-7(11)10-8/h8H,2-6H2,1H3,(H,10,11)/t8-/m1/s1. The molecule has 0 radical (unpaired) electrons. The smallest absolute Gasteiger partial charge is 0.223 e. The van der Waals surface area contributed by atoms with Crippen LogP contribution in [0.1, 0.15) is 39.0 Å². The van der Waals surface area contributed by atoms with Gasteiger partial charge in [0.15, 0.2) is 5.12 Å². The quantitative estimate of drug-likeness (QED) is 0.543. The molecule has 1 heterocycles. The Balaban J connectivity index is 2.01. The number of thioether (sulfide) groups is 1. The van der Waals surface area contributed by atoms with E-state index in [2.05, 4.69) is 12.2 Å². The van der Waals surface area contributed by atoms with Crippen LogP contribution >= 0.6 is 11.8 Å². The minimum absolute atomic E-state index is 0.0545. The van der Waals surface area contributed by atoms with Crippen molar-refractivity contribution in [3.63, 3.8) is 0 Å². The molecular formula is C9H15NO2S. The van der Waals surface area contributed by atoms with Gasteiger partial charge in [-0.2, -0.15) is 0 Å². The summed E-state index contributed by atoms with van der Waals surface area (Å²) in [5.74, 6) is 0.0545. The average Bonchev–Trinajstić information content (AvgIpc) is 2.02. The first-order chi connectivity index (χ1) is 6.22. The fourth-order valence-electron chi connectivity index (χ4n) is 1.13. The van der Waals surface area contributed by atoms with Gasteiger partial charge in [0.25, 0.3) is 0 Å². The van der Waals surface area contributed by atoms with E-state index in [1.54, 1.807) is 0 Å². The molecule has 4 heteroatoms. The van der Waals surface area contributed by atoms with E-state index in [1.165, 1.54) is 11.8 Å². The third-order valence-corrected chi connectivity index (χ3v) is 2.99. The molecule has 0 aromatic rings. The predicted octanol–water partition coefficient (Wildman–Crippen LogP) is 1.67. The fraction of sp³-hybridized carbons (Fsp3) is 0.778. The van der Waals surface area contributed by atoms with Crippen LogP contribution in [0.25, 0.3) is 0 Å². The number of hydrogen-bond acceptors (Lipinski definition) is 3. The second kappa shape index (κ2) is 5.27. The van der Waals surface area contributed by atoms with Gasteiger partial charge in [0, 0.05) is 6.42 Å². The van der Waals surface area contributed by atoms with Crippen molar-refractivity contribution in [1.82, 2.24) is 5.32 Å². The van der Waals surface area contributed by atoms with Crippen molar-refractivity contribution in [2.75, 3.05) is 0 Å². The Bertz CT molecular complexity index is 198. The molecule has 0 aromatic carbocycles. The Labute approximate surface area is 82.6 Å². The van der Waals surface area contributed by atoms with Crippen LogP contribution in [0.15, 0.2) is 0 Å². The van der Waals surface area contributed by atoms with Gasteiger partial charge in [0.1, 0.15) is 0 Å². The minimum atomic E-state index is 0.0545. The molecule has 1 aliphatic heterocycles. The van der Waals surface area contributed by atoms with E-state index in [0.29, 0.717) is 12.8 Å². The van der Waals surface area contributed by atoms with E-state index in [0.717, 1.165) is 19.3 Å². The van der Waals surface area contributed by atoms with E-state index in [9.17, 15) is 9.59 Å². The molecule has 0 saturated carbocycles. The summed E-state index contributed by atoms with van der Waals surface area (Å²) in [5.41, 5.74) is 0. The normalized spacial score (nSPS) is 20.7. The summed E-state index contributed by atoms with van der Waals surface area (Å²) in [7, 11) is 0. The number of carbonyl (C=O) groups excluding carboxylic acids is 2. The van der Waals surface area contributed by atoms with Crippen molar-refractivity contribution in [2.24, 2.45) is 0 Å². The lowest BCUT2D eigenvalue weighted by Crippen LogP contribution is -2.46. The van der Waals surface area contributed by atoms with Gasteiger partial charge in [0.2, 0.25) is 5.91 Å². The molecule has 0 aliphatic carbocycles. The van der Waals surface area contributed by atoms with Crippen molar-refractivity contribution in [2.45, 2.75) is 44.4 Å². The zero-order valence-electron chi connectivity index (χ0n) is 7.84. The average molecular weight is 201 g/mol. The number of amides is 1. The van der Waals surface area contributed by atoms with Gasteiger partial charge in [-0.05, 0) is 6.42 Å². The van der Waals surface area contributed by atoms with Gasteiger partial charge in [-0.25, -0.2) is 0 Å². The summed E-state index contributed by atoms with van der Waals surface area (Å²) in [4.78, 5) is 21.8. The zero-order valence-corrected chi connectivity index (χ0v) is 8.65. The molecular weight excluding hydrogens is 186 g/mol. The molecule has 0 spiro atoms. The summed E-state index contributed by atoms with van der Waals surface area (Å²) < 4.78 is 0. The largest absolute Gasteiger partial charge is 0.343 e. The summed E-state index contributed by atoms with van der Waals surface area (Å²) in [6.45, 7) is 2.11. The number of carbonyl (C=O) groups is 2. The molecule has 0 unspecified atom stereocenters. The molecule has 1 aliphatic rings. The van der Waals surface area contributed by atoms with Crippen molar-refractivity contribution in [1.29, 1.82) is 0 Å². The Kier molecular flexibility index (Phi) is 4.28. The van der Waals surface area contributed by atoms with Crippen molar-refractivity contribution < 1.29 is 9.59 Å². The topological polar surface area (TPSA) is 46.2 Å². The van der Waals surface area contributed by atoms with Crippen molar-refractivity contribution >= 4 is 22.8 Å². The van der Waals surface area contributed by atoms with Crippen LogP contribution in [0, 0.1) is 0 Å². The van der Waals surface area contributed by atoms with Crippen LogP contribution in [-0.2, 0) is 9.59 Å². The highest BCUT2D eigenvalue weighted by atomic mass is 32.2. The van der Waals surface area contributed by atoms with Crippen molar-refractivity contribution in [3.8, 4) is 0 Å². The Hall–Kier alpha value is -0.510. The maximum atomic E-state index is 11.2. The van der Waals surface area contributed by atoms with Crippen molar-refractivity contribution in [3.05, 3.63) is 0 Å². The zero-order chi connectivity index (χ0) is 9.68. The second-order valence-electron chi connectivity index (χ2n) is 3.21. The Morgan fingerprint density at radius 2 is 2.31 bits per heavy atom. The predicted molar refractivity (Wildman–Crippen MR) is 53.3 cm³/mol. The van der Waals surface area contributed by atoms with E-state index >= 15 is 0 Å². The first kappa shape index (κ1) is 10.6. The lowest BCUT2D eigenvalue weighted by Gasteiger charge is -2.25. The van der Waals surface area contributed by atoms with E-state index in [1.807, 2.05) is 0 Å². The molecule has 74 valence electrons. The van der Waals surface area contributed by atoms with Crippen LogP contribution in [0.2, 0.25) is 0 Å². The molecule has 1 rings (SSSR count). The van der Waals surface area contributed by atoms with Gasteiger partial charge < -0.3 is 5.32 Å². The maximum absolute atomic E-state index is 11.2. The first-order valence-corrected chi connectivity index (χ1v) is 5.59. The lowest BCUT2D eigenvalue weighted by molar-refractivity contribution is -0.126. The monoisotopic (exact) mass is 201 g/mol. The number of β-lactam (4-membered cyclic amide) rings is 1. The Morgan fingerprint density at radius 3 is 2.85 bits per heavy atom. The lowest BCUT2D eigenvalue weighted by atomic mass is 10.2. The van der Waals surface area contributed by atoms with Crippen LogP contribution < -0.4 is 5.32 Å². The highest BCUT2D eigenvalue weighted by Gasteiger charge is 2.27. The number of unbranched alkanes of at least 4 members (excludes halogenated alkanes) is 2. The van der Waals surface area contributed by atoms with Gasteiger partial charge in [-0.1, -0.05) is 31.5 Å². The van der Waals surface area contributed by atoms with Crippen LogP contribution in [0.5, 0.6) is 0 Å². The minimum Gasteiger partial charge on any atom is -0.343 e. The molecule has 1 fully saturated rings. The first-order valence-electron chi connectivity index (χ1n) is 4.71. The van der Waals surface area contributed by atoms with Crippen LogP contribution in [0.3, 0.4) is 0 Å². The maximum Gasteiger partial charge on any atom is 0.223 e. The molecule has 0 aromatic heterocycles. The highest BCUT2D eigenvalue weighted by Crippen LogP contribution is 2.21. The summed E-state index contributed by atoms with van der Waals surface area (Å²) >= 11 is 1.27. The molecule has 1 saturated heterocycles. The third-order valence-electron chi connectivity index (χ3n) is 1.95. The van der Waals surface area contributed by atoms with Crippen LogP contribution in [-0.4, -0.2) is 16.4 Å². The van der Waals surface area contributed by atoms with Crippen LogP contribution in [0.4, 0.5) is 0 Å². The number of rotatable bonds is 5. The van der Waals surface area contributed by atoms with Gasteiger partial charge in [-0.3, -0.25) is 9.59 Å². The highest BCUT2D eigenvalue weighted by molar-refractivity contribution is 8.14. The second-order valence-corrected chi connectivity index (χ2v) is 4.47. The summed E-state index contributed by atoms with van der Waals surface area (Å²) in [5, 5.41) is 2.93. The van der Waals surface area contributed by atoms with Gasteiger partial charge in [0.05, 0.1) is 11.8 Å². The summed E-state index contributed by atoms with van der Waals surface area (Å²) in [6.07, 6.45) is 4.37. The Morgan fingerprint density at radius 1 is 1.62 bits per heavy atom. The number of nitrogens with one attached hydrogen (secondary N) is 1. The molecule has 1 amide bonds. The fourth-order valence-corrected chi connectivity index (χ4v) is 2.14. The SMILES string of the molecule is CCCCCC(=O)S[C@@H]1CC(=O)N1. The molecule has 1 N–H and O–H groups in total. The van der Waals surface area contributed by atoms with E-state index in [-0.39, 0.29) is 16.4 Å².